The minimum Gasteiger partial charge on any atom is -0.393 e. The average molecular weight is 349 g/mol. The van der Waals surface area contributed by atoms with Crippen LogP contribution < -0.4 is 5.73 Å². The summed E-state index contributed by atoms with van der Waals surface area (Å²) in [6, 6.07) is 11.4. The molecule has 2 N–H and O–H groups in total. The van der Waals surface area contributed by atoms with E-state index < -0.39 is 0 Å². The molecule has 4 bridgehead atoms. The summed E-state index contributed by atoms with van der Waals surface area (Å²) in [5.41, 5.74) is 8.06. The molecule has 1 aromatic carbocycles. The van der Waals surface area contributed by atoms with Crippen LogP contribution in [0.15, 0.2) is 30.3 Å². The molecule has 4 aliphatic carbocycles. The van der Waals surface area contributed by atoms with Crippen molar-refractivity contribution in [2.75, 3.05) is 6.54 Å². The first-order valence-corrected chi connectivity index (χ1v) is 9.55. The predicted octanol–water partition coefficient (Wildman–Crippen LogP) is 4.26. The Morgan fingerprint density at radius 1 is 1.30 bits per heavy atom. The largest absolute Gasteiger partial charge is 0.393 e. The quantitative estimate of drug-likeness (QED) is 0.636. The monoisotopic (exact) mass is 348 g/mol. The number of benzene rings is 1. The number of hydrogen-bond acceptors (Lipinski definition) is 2. The van der Waals surface area contributed by atoms with Gasteiger partial charge in [-0.25, -0.2) is 4.42 Å². The van der Waals surface area contributed by atoms with Crippen molar-refractivity contribution in [1.29, 1.82) is 0 Å². The normalized spacial score (nSPS) is 40.9. The van der Waals surface area contributed by atoms with Crippen molar-refractivity contribution < 1.29 is 0 Å². The third kappa shape index (κ3) is 2.13. The first-order chi connectivity index (χ1) is 11.0. The summed E-state index contributed by atoms with van der Waals surface area (Å²) >= 11 is 12.3. The van der Waals surface area contributed by atoms with E-state index in [1.807, 2.05) is 0 Å². The van der Waals surface area contributed by atoms with Crippen LogP contribution in [0.25, 0.3) is 0 Å². The Hall–Kier alpha value is -0.640. The van der Waals surface area contributed by atoms with E-state index in [-0.39, 0.29) is 10.8 Å². The van der Waals surface area contributed by atoms with Crippen LogP contribution in [0, 0.1) is 17.3 Å². The van der Waals surface area contributed by atoms with Crippen LogP contribution in [-0.4, -0.2) is 22.0 Å². The summed E-state index contributed by atoms with van der Waals surface area (Å²) in [6.45, 7) is 3.14. The van der Waals surface area contributed by atoms with Gasteiger partial charge in [-0.1, -0.05) is 49.5 Å². The molecule has 0 aliphatic heterocycles. The summed E-state index contributed by atoms with van der Waals surface area (Å²) < 4.78 is 2.08. The molecule has 0 heterocycles. The Morgan fingerprint density at radius 2 is 2.04 bits per heavy atom. The lowest BCUT2D eigenvalue weighted by Crippen LogP contribution is -2.44. The Labute approximate surface area is 149 Å². The van der Waals surface area contributed by atoms with Crippen LogP contribution in [-0.2, 0) is 5.41 Å². The Balaban J connectivity index is 1.74. The first-order valence-electron chi connectivity index (χ1n) is 8.80. The van der Waals surface area contributed by atoms with E-state index in [0.717, 1.165) is 30.8 Å². The molecule has 4 heteroatoms. The van der Waals surface area contributed by atoms with E-state index in [1.165, 1.54) is 18.4 Å². The smallest absolute Gasteiger partial charge is 0.0793 e. The molecule has 5 unspecified atom stereocenters. The average Bonchev–Trinajstić information content (AvgIpc) is 2.91. The summed E-state index contributed by atoms with van der Waals surface area (Å²) in [4.78, 5) is 0.731. The molecule has 124 valence electrons. The fraction of sp³-hybridized carbons (Fsp3) is 0.632. The van der Waals surface area contributed by atoms with Crippen LogP contribution in [0.5, 0.6) is 0 Å². The van der Waals surface area contributed by atoms with Crippen LogP contribution in [0.4, 0.5) is 0 Å². The second kappa shape index (κ2) is 5.44. The third-order valence-electron chi connectivity index (χ3n) is 6.79. The first kappa shape index (κ1) is 15.9. The molecular weight excluding hydrogens is 324 g/mol. The van der Waals surface area contributed by atoms with Gasteiger partial charge in [0, 0.05) is 18.0 Å². The molecular formula is C19H25ClN2S. The summed E-state index contributed by atoms with van der Waals surface area (Å²) in [7, 11) is 0. The zero-order valence-electron chi connectivity index (χ0n) is 13.7. The van der Waals surface area contributed by atoms with Gasteiger partial charge >= 0.3 is 0 Å². The maximum atomic E-state index is 6.68. The summed E-state index contributed by atoms with van der Waals surface area (Å²) in [5, 5.41) is 0. The third-order valence-corrected chi connectivity index (χ3v) is 7.59. The standard InChI is InChI=1S/C19H25ClN2S/c1-2-8-22(20)16-13-9-18(14-6-4-3-5-7-14)11-15(16)19(10-13,12-18)17(21)23/h3-7,13,15-16H,2,8-12H2,1H3,(H2,21,23). The van der Waals surface area contributed by atoms with Crippen molar-refractivity contribution in [1.82, 2.24) is 4.42 Å². The molecule has 4 fully saturated rings. The molecule has 0 spiro atoms. The molecule has 23 heavy (non-hydrogen) atoms. The molecule has 4 aliphatic rings. The van der Waals surface area contributed by atoms with Gasteiger partial charge in [-0.2, -0.15) is 0 Å². The number of hydrogen-bond donors (Lipinski definition) is 1. The number of halogens is 1. The van der Waals surface area contributed by atoms with Crippen LogP contribution in [0.1, 0.15) is 44.6 Å². The van der Waals surface area contributed by atoms with Gasteiger partial charge in [0.25, 0.3) is 0 Å². The molecule has 0 saturated heterocycles. The van der Waals surface area contributed by atoms with E-state index in [4.69, 9.17) is 29.7 Å². The highest BCUT2D eigenvalue weighted by molar-refractivity contribution is 7.80. The molecule has 5 rings (SSSR count). The van der Waals surface area contributed by atoms with Crippen LogP contribution in [0.3, 0.4) is 0 Å². The second-order valence-corrected chi connectivity index (χ2v) is 8.81. The topological polar surface area (TPSA) is 29.3 Å². The van der Waals surface area contributed by atoms with Gasteiger partial charge in [0.15, 0.2) is 0 Å². The van der Waals surface area contributed by atoms with E-state index >= 15 is 0 Å². The second-order valence-electron chi connectivity index (χ2n) is 7.94. The lowest BCUT2D eigenvalue weighted by atomic mass is 9.63. The molecule has 0 radical (unpaired) electrons. The van der Waals surface area contributed by atoms with Crippen LogP contribution >= 0.6 is 24.0 Å². The van der Waals surface area contributed by atoms with Crippen LogP contribution in [0.2, 0.25) is 0 Å². The number of rotatable bonds is 5. The zero-order chi connectivity index (χ0) is 16.2. The molecule has 1 aromatic rings. The lowest BCUT2D eigenvalue weighted by Gasteiger charge is -2.44. The number of nitrogens with zero attached hydrogens (tertiary/aromatic N) is 1. The van der Waals surface area contributed by atoms with Gasteiger partial charge in [0.2, 0.25) is 0 Å². The molecule has 0 aromatic heterocycles. The lowest BCUT2D eigenvalue weighted by molar-refractivity contribution is 0.135. The van der Waals surface area contributed by atoms with Gasteiger partial charge < -0.3 is 5.73 Å². The predicted molar refractivity (Wildman–Crippen MR) is 99.4 cm³/mol. The van der Waals surface area contributed by atoms with E-state index in [1.54, 1.807) is 0 Å². The number of nitrogens with two attached hydrogens (primary N) is 1. The molecule has 2 nitrogen and oxygen atoms in total. The van der Waals surface area contributed by atoms with Gasteiger partial charge in [-0.05, 0) is 66.7 Å². The van der Waals surface area contributed by atoms with Gasteiger partial charge in [-0.3, -0.25) is 0 Å². The van der Waals surface area contributed by atoms with Crippen molar-refractivity contribution in [2.45, 2.75) is 50.5 Å². The van der Waals surface area contributed by atoms with Crippen molar-refractivity contribution in [3.05, 3.63) is 35.9 Å². The van der Waals surface area contributed by atoms with Gasteiger partial charge in [0.05, 0.1) is 4.99 Å². The van der Waals surface area contributed by atoms with E-state index in [9.17, 15) is 0 Å². The highest BCUT2D eigenvalue weighted by atomic mass is 35.5. The van der Waals surface area contributed by atoms with E-state index in [0.29, 0.717) is 17.9 Å². The van der Waals surface area contributed by atoms with E-state index in [2.05, 4.69) is 41.7 Å². The fourth-order valence-electron chi connectivity index (χ4n) is 6.15. The summed E-state index contributed by atoms with van der Waals surface area (Å²) in [5.74, 6) is 1.14. The maximum Gasteiger partial charge on any atom is 0.0793 e. The fourth-order valence-corrected chi connectivity index (χ4v) is 6.92. The van der Waals surface area contributed by atoms with Crippen molar-refractivity contribution in [2.24, 2.45) is 23.0 Å². The highest BCUT2D eigenvalue weighted by Gasteiger charge is 2.70. The molecule has 5 atom stereocenters. The minimum atomic E-state index is 0.0274. The summed E-state index contributed by atoms with van der Waals surface area (Å²) in [6.07, 6.45) is 5.76. The SMILES string of the molecule is CCCN(Cl)C1C2CC3(c4ccccc4)CC1C(C(N)=S)(C2)C3. The maximum absolute atomic E-state index is 6.68. The minimum absolute atomic E-state index is 0.0274. The Kier molecular flexibility index (Phi) is 3.75. The van der Waals surface area contributed by atoms with Crippen molar-refractivity contribution >= 4 is 29.0 Å². The van der Waals surface area contributed by atoms with Crippen molar-refractivity contribution in [3.8, 4) is 0 Å². The Morgan fingerprint density at radius 3 is 2.70 bits per heavy atom. The molecule has 4 saturated carbocycles. The number of thiocarbonyl (C=S) groups is 1. The molecule has 0 amide bonds. The zero-order valence-corrected chi connectivity index (χ0v) is 15.2. The Bertz CT molecular complexity index is 621. The van der Waals surface area contributed by atoms with Gasteiger partial charge in [-0.15, -0.1) is 0 Å². The highest BCUT2D eigenvalue weighted by Crippen LogP contribution is 2.71. The van der Waals surface area contributed by atoms with Gasteiger partial charge in [0.1, 0.15) is 0 Å². The van der Waals surface area contributed by atoms with Crippen molar-refractivity contribution in [3.63, 3.8) is 0 Å².